The summed E-state index contributed by atoms with van der Waals surface area (Å²) in [5.74, 6) is -1.50. The fourth-order valence-corrected chi connectivity index (χ4v) is 6.80. The summed E-state index contributed by atoms with van der Waals surface area (Å²) >= 11 is 6.62. The molecule has 1 amide bonds. The molecule has 142 valence electrons. The second-order valence-electron chi connectivity index (χ2n) is 5.63. The Bertz CT molecular complexity index is 843. The molecule has 2 fully saturated rings. The van der Waals surface area contributed by atoms with Crippen molar-refractivity contribution in [1.82, 2.24) is 0 Å². The number of ether oxygens (including phenoxy) is 1. The number of carbonyl (C=O) groups is 1. The minimum Gasteiger partial charge on any atom is -0.406 e. The van der Waals surface area contributed by atoms with E-state index in [1.807, 2.05) is 0 Å². The van der Waals surface area contributed by atoms with Gasteiger partial charge in [-0.1, -0.05) is 11.8 Å². The molecule has 2 heterocycles. The van der Waals surface area contributed by atoms with E-state index < -0.39 is 33.9 Å². The van der Waals surface area contributed by atoms with Crippen molar-refractivity contribution in [2.75, 3.05) is 22.3 Å². The molecule has 0 aromatic heterocycles. The number of aliphatic imine (C=N–C) groups is 1. The van der Waals surface area contributed by atoms with Crippen molar-refractivity contribution in [3.8, 4) is 5.75 Å². The van der Waals surface area contributed by atoms with E-state index in [9.17, 15) is 26.4 Å². The number of hydrogen-bond donors (Lipinski definition) is 0. The largest absolute Gasteiger partial charge is 0.573 e. The van der Waals surface area contributed by atoms with Crippen LogP contribution in [-0.4, -0.2) is 54.5 Å². The Balaban J connectivity index is 1.92. The molecule has 3 rings (SSSR count). The summed E-state index contributed by atoms with van der Waals surface area (Å²) in [4.78, 5) is 17.0. The number of amidine groups is 1. The Hall–Kier alpha value is -1.46. The van der Waals surface area contributed by atoms with E-state index in [2.05, 4.69) is 9.73 Å². The topological polar surface area (TPSA) is 76.0 Å². The van der Waals surface area contributed by atoms with Gasteiger partial charge >= 0.3 is 6.36 Å². The first kappa shape index (κ1) is 19.3. The molecule has 6 nitrogen and oxygen atoms in total. The minimum absolute atomic E-state index is 0.0534. The number of alkyl halides is 4. The molecule has 0 saturated carbocycles. The number of fused-ring (bicyclic) bond motifs is 1. The quantitative estimate of drug-likeness (QED) is 0.688. The summed E-state index contributed by atoms with van der Waals surface area (Å²) in [6.45, 7) is 0. The monoisotopic (exact) mass is 428 g/mol. The minimum atomic E-state index is -4.81. The van der Waals surface area contributed by atoms with Crippen LogP contribution >= 0.6 is 23.4 Å². The Labute approximate surface area is 156 Å². The lowest BCUT2D eigenvalue weighted by molar-refractivity contribution is -0.274. The highest BCUT2D eigenvalue weighted by Gasteiger charge is 2.49. The van der Waals surface area contributed by atoms with Crippen LogP contribution in [0.1, 0.15) is 0 Å². The van der Waals surface area contributed by atoms with Crippen LogP contribution in [0.5, 0.6) is 5.75 Å². The van der Waals surface area contributed by atoms with Crippen molar-refractivity contribution >= 4 is 50.0 Å². The van der Waals surface area contributed by atoms with E-state index in [-0.39, 0.29) is 27.8 Å². The number of thioether (sulfide) groups is 1. The Kier molecular flexibility index (Phi) is 5.15. The molecule has 2 unspecified atom stereocenters. The van der Waals surface area contributed by atoms with Gasteiger partial charge in [-0.2, -0.15) is 4.99 Å². The van der Waals surface area contributed by atoms with E-state index in [4.69, 9.17) is 11.6 Å². The van der Waals surface area contributed by atoms with Gasteiger partial charge < -0.3 is 9.64 Å². The number of anilines is 1. The van der Waals surface area contributed by atoms with Gasteiger partial charge in [0.15, 0.2) is 15.0 Å². The van der Waals surface area contributed by atoms with Crippen molar-refractivity contribution in [2.45, 2.75) is 17.7 Å². The van der Waals surface area contributed by atoms with Gasteiger partial charge in [0.1, 0.15) is 11.6 Å². The van der Waals surface area contributed by atoms with Crippen molar-refractivity contribution in [3.05, 3.63) is 24.3 Å². The van der Waals surface area contributed by atoms with Gasteiger partial charge in [-0.05, 0) is 24.3 Å². The van der Waals surface area contributed by atoms with E-state index in [1.54, 1.807) is 4.90 Å². The number of hydrogen-bond acceptors (Lipinski definition) is 5. The fraction of sp³-hybridized carbons (Fsp3) is 0.429. The average molecular weight is 429 g/mol. The third-order valence-corrected chi connectivity index (χ3v) is 7.19. The number of rotatable bonds is 3. The van der Waals surface area contributed by atoms with Gasteiger partial charge in [0.2, 0.25) is 0 Å². The summed E-state index contributed by atoms with van der Waals surface area (Å²) in [6, 6.07) is 4.49. The molecule has 2 atom stereocenters. The Morgan fingerprint density at radius 1 is 1.31 bits per heavy atom. The lowest BCUT2D eigenvalue weighted by atomic mass is 10.2. The van der Waals surface area contributed by atoms with Gasteiger partial charge in [0.05, 0.1) is 17.5 Å². The third-order valence-electron chi connectivity index (χ3n) is 3.75. The van der Waals surface area contributed by atoms with Crippen molar-refractivity contribution < 1.29 is 31.1 Å². The maximum atomic E-state index is 12.3. The number of sulfone groups is 1. The lowest BCUT2D eigenvalue weighted by Gasteiger charge is -2.24. The maximum Gasteiger partial charge on any atom is 0.573 e. The van der Waals surface area contributed by atoms with Gasteiger partial charge in [0, 0.05) is 10.9 Å². The van der Waals surface area contributed by atoms with Crippen molar-refractivity contribution in [2.24, 2.45) is 4.99 Å². The first-order valence-corrected chi connectivity index (χ1v) is 10.5. The smallest absolute Gasteiger partial charge is 0.406 e. The fourth-order valence-electron chi connectivity index (χ4n) is 2.81. The van der Waals surface area contributed by atoms with Crippen LogP contribution in [0.4, 0.5) is 18.9 Å². The zero-order chi connectivity index (χ0) is 19.1. The first-order valence-electron chi connectivity index (χ1n) is 7.27. The summed E-state index contributed by atoms with van der Waals surface area (Å²) in [5.41, 5.74) is 0.415. The maximum absolute atomic E-state index is 12.3. The summed E-state index contributed by atoms with van der Waals surface area (Å²) < 4.78 is 64.5. The molecule has 2 saturated heterocycles. The molecule has 0 N–H and O–H groups in total. The molecule has 26 heavy (non-hydrogen) atoms. The number of amides is 1. The highest BCUT2D eigenvalue weighted by atomic mass is 35.5. The molecule has 2 aliphatic rings. The van der Waals surface area contributed by atoms with E-state index in [0.717, 1.165) is 23.9 Å². The van der Waals surface area contributed by atoms with Gasteiger partial charge in [-0.15, -0.1) is 24.8 Å². The van der Waals surface area contributed by atoms with Crippen LogP contribution < -0.4 is 9.64 Å². The number of nitrogens with zero attached hydrogens (tertiary/aromatic N) is 2. The highest BCUT2D eigenvalue weighted by molar-refractivity contribution is 8.16. The van der Waals surface area contributed by atoms with Crippen LogP contribution in [-0.2, 0) is 14.6 Å². The predicted octanol–water partition coefficient (Wildman–Crippen LogP) is 2.43. The summed E-state index contributed by atoms with van der Waals surface area (Å²) in [6.07, 6.45) is -4.81. The molecule has 0 aliphatic carbocycles. The average Bonchev–Trinajstić information content (AvgIpc) is 2.97. The molecular weight excluding hydrogens is 417 g/mol. The lowest BCUT2D eigenvalue weighted by Crippen LogP contribution is -2.37. The zero-order valence-electron chi connectivity index (χ0n) is 12.9. The number of benzene rings is 1. The highest BCUT2D eigenvalue weighted by Crippen LogP contribution is 2.41. The second kappa shape index (κ2) is 6.93. The van der Waals surface area contributed by atoms with Gasteiger partial charge in [-0.25, -0.2) is 8.42 Å². The van der Waals surface area contributed by atoms with E-state index in [0.29, 0.717) is 5.69 Å². The SMILES string of the molecule is O=C(CCl)N=C1SC2CS(=O)(=O)CC2N1c1ccc(OC(F)(F)F)cc1. The molecular formula is C14H12ClF3N2O4S2. The molecule has 0 radical (unpaired) electrons. The Morgan fingerprint density at radius 2 is 1.96 bits per heavy atom. The Morgan fingerprint density at radius 3 is 2.54 bits per heavy atom. The molecule has 2 aliphatic heterocycles. The molecule has 1 aromatic carbocycles. The molecule has 12 heteroatoms. The van der Waals surface area contributed by atoms with Crippen LogP contribution in [0, 0.1) is 0 Å². The van der Waals surface area contributed by atoms with Crippen LogP contribution in [0.25, 0.3) is 0 Å². The van der Waals surface area contributed by atoms with Crippen LogP contribution in [0.2, 0.25) is 0 Å². The third kappa shape index (κ3) is 4.26. The van der Waals surface area contributed by atoms with Crippen molar-refractivity contribution in [1.29, 1.82) is 0 Å². The summed E-state index contributed by atoms with van der Waals surface area (Å²) in [7, 11) is -3.24. The van der Waals surface area contributed by atoms with Gasteiger partial charge in [-0.3, -0.25) is 4.79 Å². The second-order valence-corrected chi connectivity index (χ2v) is 9.26. The van der Waals surface area contributed by atoms with Crippen molar-refractivity contribution in [3.63, 3.8) is 0 Å². The number of halogens is 4. The first-order chi connectivity index (χ1) is 12.1. The normalized spacial score (nSPS) is 26.2. The zero-order valence-corrected chi connectivity index (χ0v) is 15.3. The molecule has 1 aromatic rings. The predicted molar refractivity (Wildman–Crippen MR) is 92.6 cm³/mol. The van der Waals surface area contributed by atoms with Crippen LogP contribution in [0.15, 0.2) is 29.3 Å². The number of carbonyl (C=O) groups excluding carboxylic acids is 1. The van der Waals surface area contributed by atoms with Crippen LogP contribution in [0.3, 0.4) is 0 Å². The molecule has 0 spiro atoms. The summed E-state index contributed by atoms with van der Waals surface area (Å²) in [5, 5.41) is -0.0296. The standard InChI is InChI=1S/C14H12ClF3N2O4S2/c15-5-12(21)19-13-20(10-6-26(22,23)7-11(10)25-13)8-1-3-9(4-2-8)24-14(16,17)18/h1-4,10-11H,5-7H2. The van der Waals surface area contributed by atoms with Gasteiger partial charge in [0.25, 0.3) is 5.91 Å². The molecule has 0 bridgehead atoms. The van der Waals surface area contributed by atoms with E-state index >= 15 is 0 Å². The van der Waals surface area contributed by atoms with E-state index in [1.165, 1.54) is 12.1 Å².